The zero-order valence-electron chi connectivity index (χ0n) is 14.9. The summed E-state index contributed by atoms with van der Waals surface area (Å²) in [7, 11) is 0. The quantitative estimate of drug-likeness (QED) is 0.523. The molecule has 0 saturated carbocycles. The van der Waals surface area contributed by atoms with Crippen molar-refractivity contribution in [3.05, 3.63) is 82.9 Å². The molecule has 0 spiro atoms. The molecule has 1 amide bonds. The van der Waals surface area contributed by atoms with Crippen LogP contribution in [0.3, 0.4) is 0 Å². The van der Waals surface area contributed by atoms with Crippen LogP contribution in [0, 0.1) is 6.92 Å². The summed E-state index contributed by atoms with van der Waals surface area (Å²) in [5, 5.41) is 12.0. The number of anilines is 1. The third-order valence-corrected chi connectivity index (χ3v) is 5.25. The van der Waals surface area contributed by atoms with E-state index < -0.39 is 16.7 Å². The standard InChI is InChI=1S/C12H11ClN2OS.C8H7ClO2/c1-8-7-17-12(14-8)15-11(16)10(13)9-5-3-2-4-6-9;9-7(8(10)11)6-4-2-1-3-5-6/h2-7,10H,1H3,(H,14,15,16);1-5,7H,(H,10,11). The van der Waals surface area contributed by atoms with Crippen molar-refractivity contribution in [2.45, 2.75) is 17.7 Å². The molecular formula is C20H18Cl2N2O3S. The normalized spacial score (nSPS) is 12.2. The molecule has 0 aliphatic rings. The third kappa shape index (κ3) is 6.64. The van der Waals surface area contributed by atoms with Gasteiger partial charge in [-0.3, -0.25) is 9.59 Å². The Morgan fingerprint density at radius 3 is 1.89 bits per heavy atom. The number of alkyl halides is 2. The highest BCUT2D eigenvalue weighted by Crippen LogP contribution is 2.23. The van der Waals surface area contributed by atoms with Gasteiger partial charge in [0.25, 0.3) is 0 Å². The molecule has 0 bridgehead atoms. The number of thiazole rings is 1. The Kier molecular flexibility index (Phi) is 8.44. The summed E-state index contributed by atoms with van der Waals surface area (Å²) in [4.78, 5) is 26.4. The van der Waals surface area contributed by atoms with Crippen LogP contribution in [0.25, 0.3) is 0 Å². The zero-order chi connectivity index (χ0) is 20.5. The molecule has 8 heteroatoms. The fraction of sp³-hybridized carbons (Fsp3) is 0.150. The van der Waals surface area contributed by atoms with Crippen molar-refractivity contribution < 1.29 is 14.7 Å². The number of hydrogen-bond acceptors (Lipinski definition) is 4. The molecule has 2 unspecified atom stereocenters. The third-order valence-electron chi connectivity index (χ3n) is 3.48. The number of nitrogens with zero attached hydrogens (tertiary/aromatic N) is 1. The minimum absolute atomic E-state index is 0.257. The first-order chi connectivity index (χ1) is 13.4. The van der Waals surface area contributed by atoms with Crippen molar-refractivity contribution in [2.24, 2.45) is 0 Å². The van der Waals surface area contributed by atoms with E-state index in [4.69, 9.17) is 28.3 Å². The first-order valence-corrected chi connectivity index (χ1v) is 9.97. The number of aryl methyl sites for hydroxylation is 1. The Morgan fingerprint density at radius 2 is 1.46 bits per heavy atom. The topological polar surface area (TPSA) is 79.3 Å². The molecule has 1 aromatic heterocycles. The van der Waals surface area contributed by atoms with E-state index >= 15 is 0 Å². The van der Waals surface area contributed by atoms with Gasteiger partial charge in [0.2, 0.25) is 5.91 Å². The summed E-state index contributed by atoms with van der Waals surface area (Å²) in [6.07, 6.45) is 0. The van der Waals surface area contributed by atoms with Crippen LogP contribution in [0.15, 0.2) is 66.0 Å². The van der Waals surface area contributed by atoms with Gasteiger partial charge in [0.1, 0.15) is 5.38 Å². The lowest BCUT2D eigenvalue weighted by Crippen LogP contribution is -2.17. The lowest BCUT2D eigenvalue weighted by atomic mass is 10.1. The Bertz CT molecular complexity index is 904. The summed E-state index contributed by atoms with van der Waals surface area (Å²) in [5.41, 5.74) is 2.28. The number of benzene rings is 2. The van der Waals surface area contributed by atoms with E-state index in [0.717, 1.165) is 11.3 Å². The minimum atomic E-state index is -1.02. The second-order valence-corrected chi connectivity index (χ2v) is 7.40. The number of rotatable bonds is 5. The van der Waals surface area contributed by atoms with Crippen LogP contribution < -0.4 is 5.32 Å². The van der Waals surface area contributed by atoms with Gasteiger partial charge in [-0.15, -0.1) is 34.5 Å². The van der Waals surface area contributed by atoms with Gasteiger partial charge in [-0.1, -0.05) is 60.7 Å². The maximum Gasteiger partial charge on any atom is 0.326 e. The highest BCUT2D eigenvalue weighted by Gasteiger charge is 2.18. The van der Waals surface area contributed by atoms with E-state index in [1.54, 1.807) is 24.3 Å². The van der Waals surface area contributed by atoms with Gasteiger partial charge < -0.3 is 10.4 Å². The van der Waals surface area contributed by atoms with Crippen LogP contribution in [0.4, 0.5) is 5.13 Å². The number of aromatic nitrogens is 1. The molecular weight excluding hydrogens is 419 g/mol. The van der Waals surface area contributed by atoms with Gasteiger partial charge in [-0.2, -0.15) is 0 Å². The summed E-state index contributed by atoms with van der Waals surface area (Å²) < 4.78 is 0. The SMILES string of the molecule is Cc1csc(NC(=O)C(Cl)c2ccccc2)n1.O=C(O)C(Cl)c1ccccc1. The molecule has 2 atom stereocenters. The van der Waals surface area contributed by atoms with E-state index in [1.807, 2.05) is 48.7 Å². The van der Waals surface area contributed by atoms with Crippen LogP contribution in [0.1, 0.15) is 27.6 Å². The molecule has 0 saturated heterocycles. The average Bonchev–Trinajstić information content (AvgIpc) is 3.13. The van der Waals surface area contributed by atoms with Crippen molar-refractivity contribution in [2.75, 3.05) is 5.32 Å². The van der Waals surface area contributed by atoms with E-state index in [0.29, 0.717) is 10.7 Å². The Labute approximate surface area is 177 Å². The number of carbonyl (C=O) groups is 2. The minimum Gasteiger partial charge on any atom is -0.480 e. The van der Waals surface area contributed by atoms with Crippen molar-refractivity contribution in [1.82, 2.24) is 4.98 Å². The fourth-order valence-corrected chi connectivity index (χ4v) is 3.15. The highest BCUT2D eigenvalue weighted by molar-refractivity contribution is 7.13. The summed E-state index contributed by atoms with van der Waals surface area (Å²) in [6, 6.07) is 17.9. The molecule has 28 heavy (non-hydrogen) atoms. The summed E-state index contributed by atoms with van der Waals surface area (Å²) in [6.45, 7) is 1.88. The molecule has 146 valence electrons. The lowest BCUT2D eigenvalue weighted by Gasteiger charge is -2.08. The first-order valence-electron chi connectivity index (χ1n) is 8.22. The Hall–Kier alpha value is -2.41. The number of nitrogens with one attached hydrogen (secondary N) is 1. The predicted molar refractivity (Wildman–Crippen MR) is 113 cm³/mol. The molecule has 0 aliphatic heterocycles. The summed E-state index contributed by atoms with van der Waals surface area (Å²) in [5.74, 6) is -1.27. The van der Waals surface area contributed by atoms with Crippen molar-refractivity contribution in [3.63, 3.8) is 0 Å². The molecule has 0 radical (unpaired) electrons. The van der Waals surface area contributed by atoms with Crippen molar-refractivity contribution in [3.8, 4) is 0 Å². The molecule has 2 aromatic carbocycles. The number of carboxylic acid groups (broad SMARTS) is 1. The van der Waals surface area contributed by atoms with Crippen molar-refractivity contribution in [1.29, 1.82) is 0 Å². The predicted octanol–water partition coefficient (Wildman–Crippen LogP) is 5.42. The largest absolute Gasteiger partial charge is 0.480 e. The molecule has 5 nitrogen and oxygen atoms in total. The second kappa shape index (κ2) is 10.8. The van der Waals surface area contributed by atoms with Crippen LogP contribution in [-0.4, -0.2) is 22.0 Å². The van der Waals surface area contributed by atoms with Crippen LogP contribution in [-0.2, 0) is 9.59 Å². The number of aliphatic carboxylic acids is 1. The number of carboxylic acids is 1. The smallest absolute Gasteiger partial charge is 0.326 e. The highest BCUT2D eigenvalue weighted by atomic mass is 35.5. The van der Waals surface area contributed by atoms with Gasteiger partial charge >= 0.3 is 5.97 Å². The monoisotopic (exact) mass is 436 g/mol. The van der Waals surface area contributed by atoms with Crippen LogP contribution in [0.5, 0.6) is 0 Å². The Balaban J connectivity index is 0.000000221. The van der Waals surface area contributed by atoms with Crippen LogP contribution >= 0.6 is 34.5 Å². The molecule has 2 N–H and O–H groups in total. The lowest BCUT2D eigenvalue weighted by molar-refractivity contribution is -0.136. The van der Waals surface area contributed by atoms with E-state index in [9.17, 15) is 9.59 Å². The van der Waals surface area contributed by atoms with Gasteiger partial charge in [-0.05, 0) is 18.1 Å². The maximum absolute atomic E-state index is 11.8. The number of amides is 1. The molecule has 3 aromatic rings. The van der Waals surface area contributed by atoms with E-state index in [2.05, 4.69) is 10.3 Å². The fourth-order valence-electron chi connectivity index (χ4n) is 2.12. The van der Waals surface area contributed by atoms with Gasteiger partial charge in [0.15, 0.2) is 10.5 Å². The van der Waals surface area contributed by atoms with Gasteiger partial charge in [0, 0.05) is 5.38 Å². The Morgan fingerprint density at radius 1 is 0.964 bits per heavy atom. The van der Waals surface area contributed by atoms with Gasteiger partial charge in [0.05, 0.1) is 5.69 Å². The molecule has 1 heterocycles. The number of halogens is 2. The van der Waals surface area contributed by atoms with E-state index in [1.165, 1.54) is 11.3 Å². The zero-order valence-corrected chi connectivity index (χ0v) is 17.2. The molecule has 0 fully saturated rings. The average molecular weight is 437 g/mol. The summed E-state index contributed by atoms with van der Waals surface area (Å²) >= 11 is 13.0. The molecule has 3 rings (SSSR count). The van der Waals surface area contributed by atoms with Crippen molar-refractivity contribution >= 4 is 51.5 Å². The van der Waals surface area contributed by atoms with Crippen LogP contribution in [0.2, 0.25) is 0 Å². The first kappa shape index (κ1) is 21.9. The van der Waals surface area contributed by atoms with E-state index in [-0.39, 0.29) is 5.91 Å². The number of hydrogen-bond donors (Lipinski definition) is 2. The van der Waals surface area contributed by atoms with Gasteiger partial charge in [-0.25, -0.2) is 4.98 Å². The maximum atomic E-state index is 11.8. The number of carbonyl (C=O) groups excluding carboxylic acids is 1. The molecule has 0 aliphatic carbocycles. The second-order valence-electron chi connectivity index (χ2n) is 5.67.